The molecule has 3 nitrogen and oxygen atoms in total. The van der Waals surface area contributed by atoms with Crippen LogP contribution >= 0.6 is 0 Å². The van der Waals surface area contributed by atoms with E-state index in [4.69, 9.17) is 5.11 Å². The van der Waals surface area contributed by atoms with Gasteiger partial charge in [0, 0.05) is 18.8 Å². The topological polar surface area (TPSA) is 36.4 Å². The maximum absolute atomic E-state index is 9.06. The zero-order valence-corrected chi connectivity index (χ0v) is 11.6. The number of rotatable bonds is 4. The minimum absolute atomic E-state index is 0.130. The van der Waals surface area contributed by atoms with Crippen molar-refractivity contribution in [2.75, 3.05) is 18.1 Å². The SMILES string of the molecule is CC(C)N(CCO)c1ccc(C(C)(C)C)cn1. The number of aromatic nitrogens is 1. The molecule has 0 radical (unpaired) electrons. The van der Waals surface area contributed by atoms with Gasteiger partial charge in [0.2, 0.25) is 0 Å². The van der Waals surface area contributed by atoms with Gasteiger partial charge in [-0.2, -0.15) is 0 Å². The third-order valence-corrected chi connectivity index (χ3v) is 2.87. The van der Waals surface area contributed by atoms with Crippen LogP contribution in [0.2, 0.25) is 0 Å². The lowest BCUT2D eigenvalue weighted by molar-refractivity contribution is 0.298. The number of pyridine rings is 1. The molecule has 0 aliphatic rings. The fourth-order valence-electron chi connectivity index (χ4n) is 1.74. The summed E-state index contributed by atoms with van der Waals surface area (Å²) < 4.78 is 0. The molecule has 0 aromatic carbocycles. The van der Waals surface area contributed by atoms with Gasteiger partial charge in [0.25, 0.3) is 0 Å². The zero-order chi connectivity index (χ0) is 13.1. The summed E-state index contributed by atoms with van der Waals surface area (Å²) in [6, 6.07) is 4.50. The van der Waals surface area contributed by atoms with Gasteiger partial charge in [0.15, 0.2) is 0 Å². The molecule has 1 rings (SSSR count). The van der Waals surface area contributed by atoms with E-state index in [-0.39, 0.29) is 12.0 Å². The third kappa shape index (κ3) is 3.70. The minimum atomic E-state index is 0.130. The molecule has 0 amide bonds. The first-order valence-electron chi connectivity index (χ1n) is 6.20. The van der Waals surface area contributed by atoms with Gasteiger partial charge in [-0.25, -0.2) is 4.98 Å². The molecule has 0 saturated carbocycles. The van der Waals surface area contributed by atoms with Gasteiger partial charge in [-0.15, -0.1) is 0 Å². The smallest absolute Gasteiger partial charge is 0.128 e. The van der Waals surface area contributed by atoms with Crippen LogP contribution in [0.1, 0.15) is 40.2 Å². The second-order valence-corrected chi connectivity index (χ2v) is 5.67. The average Bonchev–Trinajstić information content (AvgIpc) is 2.24. The van der Waals surface area contributed by atoms with Gasteiger partial charge >= 0.3 is 0 Å². The van der Waals surface area contributed by atoms with Crippen molar-refractivity contribution >= 4 is 5.82 Å². The number of anilines is 1. The first-order valence-corrected chi connectivity index (χ1v) is 6.20. The summed E-state index contributed by atoms with van der Waals surface area (Å²) in [6.07, 6.45) is 1.93. The van der Waals surface area contributed by atoms with Crippen LogP contribution in [0.4, 0.5) is 5.82 Å². The number of aliphatic hydroxyl groups is 1. The fraction of sp³-hybridized carbons (Fsp3) is 0.643. The third-order valence-electron chi connectivity index (χ3n) is 2.87. The Balaban J connectivity index is 2.92. The summed E-state index contributed by atoms with van der Waals surface area (Å²) in [5, 5.41) is 9.06. The second kappa shape index (κ2) is 5.50. The molecule has 0 bridgehead atoms. The van der Waals surface area contributed by atoms with E-state index < -0.39 is 0 Å². The quantitative estimate of drug-likeness (QED) is 0.873. The lowest BCUT2D eigenvalue weighted by Gasteiger charge is -2.28. The van der Waals surface area contributed by atoms with Crippen molar-refractivity contribution in [2.24, 2.45) is 0 Å². The molecule has 0 fully saturated rings. The van der Waals surface area contributed by atoms with E-state index in [0.29, 0.717) is 12.6 Å². The molecule has 0 aliphatic heterocycles. The lowest BCUT2D eigenvalue weighted by atomic mass is 9.88. The molecule has 1 aromatic rings. The molecule has 0 saturated heterocycles. The van der Waals surface area contributed by atoms with Crippen LogP contribution < -0.4 is 4.90 Å². The summed E-state index contributed by atoms with van der Waals surface area (Å²) in [5.41, 5.74) is 1.36. The second-order valence-electron chi connectivity index (χ2n) is 5.67. The molecule has 17 heavy (non-hydrogen) atoms. The van der Waals surface area contributed by atoms with Crippen LogP contribution in [0, 0.1) is 0 Å². The van der Waals surface area contributed by atoms with E-state index in [1.165, 1.54) is 5.56 Å². The maximum atomic E-state index is 9.06. The highest BCUT2D eigenvalue weighted by Gasteiger charge is 2.16. The largest absolute Gasteiger partial charge is 0.395 e. The van der Waals surface area contributed by atoms with Crippen molar-refractivity contribution in [3.05, 3.63) is 23.9 Å². The van der Waals surface area contributed by atoms with Crippen LogP contribution in [0.3, 0.4) is 0 Å². The minimum Gasteiger partial charge on any atom is -0.395 e. The van der Waals surface area contributed by atoms with E-state index in [1.54, 1.807) is 0 Å². The zero-order valence-electron chi connectivity index (χ0n) is 11.6. The summed E-state index contributed by atoms with van der Waals surface area (Å²) in [7, 11) is 0. The van der Waals surface area contributed by atoms with Gasteiger partial charge in [-0.05, 0) is 30.9 Å². The summed E-state index contributed by atoms with van der Waals surface area (Å²) in [4.78, 5) is 6.60. The van der Waals surface area contributed by atoms with E-state index in [0.717, 1.165) is 5.82 Å². The van der Waals surface area contributed by atoms with Crippen molar-refractivity contribution < 1.29 is 5.11 Å². The van der Waals surface area contributed by atoms with E-state index in [1.807, 2.05) is 12.3 Å². The predicted molar refractivity (Wildman–Crippen MR) is 72.5 cm³/mol. The Morgan fingerprint density at radius 1 is 1.29 bits per heavy atom. The highest BCUT2D eigenvalue weighted by atomic mass is 16.3. The number of aliphatic hydroxyl groups excluding tert-OH is 1. The van der Waals surface area contributed by atoms with Crippen molar-refractivity contribution in [1.82, 2.24) is 4.98 Å². The van der Waals surface area contributed by atoms with Crippen LogP contribution in [0.25, 0.3) is 0 Å². The van der Waals surface area contributed by atoms with E-state index in [2.05, 4.69) is 50.6 Å². The van der Waals surface area contributed by atoms with Crippen molar-refractivity contribution in [1.29, 1.82) is 0 Å². The molecule has 0 spiro atoms. The monoisotopic (exact) mass is 236 g/mol. The Labute approximate surface area is 104 Å². The Bertz CT molecular complexity index is 338. The Hall–Kier alpha value is -1.09. The van der Waals surface area contributed by atoms with Crippen LogP contribution in [-0.2, 0) is 5.41 Å². The molecule has 0 unspecified atom stereocenters. The molecule has 1 heterocycles. The van der Waals surface area contributed by atoms with E-state index in [9.17, 15) is 0 Å². The molecular weight excluding hydrogens is 212 g/mol. The molecule has 0 atom stereocenters. The van der Waals surface area contributed by atoms with Gasteiger partial charge in [0.05, 0.1) is 6.61 Å². The summed E-state index contributed by atoms with van der Waals surface area (Å²) in [6.45, 7) is 11.5. The van der Waals surface area contributed by atoms with Crippen LogP contribution in [-0.4, -0.2) is 29.3 Å². The highest BCUT2D eigenvalue weighted by Crippen LogP contribution is 2.23. The highest BCUT2D eigenvalue weighted by molar-refractivity contribution is 5.41. The Morgan fingerprint density at radius 2 is 1.94 bits per heavy atom. The van der Waals surface area contributed by atoms with Gasteiger partial charge in [-0.1, -0.05) is 26.8 Å². The Kier molecular flexibility index (Phi) is 4.52. The first-order chi connectivity index (χ1) is 7.86. The molecule has 3 heteroatoms. The molecule has 96 valence electrons. The molecule has 0 aliphatic carbocycles. The average molecular weight is 236 g/mol. The van der Waals surface area contributed by atoms with Gasteiger partial charge < -0.3 is 10.0 Å². The Morgan fingerprint density at radius 3 is 2.29 bits per heavy atom. The molecule has 1 aromatic heterocycles. The number of hydrogen-bond donors (Lipinski definition) is 1. The van der Waals surface area contributed by atoms with Crippen LogP contribution in [0.5, 0.6) is 0 Å². The van der Waals surface area contributed by atoms with Crippen molar-refractivity contribution in [3.63, 3.8) is 0 Å². The van der Waals surface area contributed by atoms with Crippen LogP contribution in [0.15, 0.2) is 18.3 Å². The van der Waals surface area contributed by atoms with Crippen molar-refractivity contribution in [3.8, 4) is 0 Å². The number of hydrogen-bond acceptors (Lipinski definition) is 3. The normalized spacial score (nSPS) is 11.9. The summed E-state index contributed by atoms with van der Waals surface area (Å²) >= 11 is 0. The molecule has 1 N–H and O–H groups in total. The van der Waals surface area contributed by atoms with Crippen molar-refractivity contribution in [2.45, 2.75) is 46.1 Å². The maximum Gasteiger partial charge on any atom is 0.128 e. The first kappa shape index (κ1) is 14.0. The predicted octanol–water partition coefficient (Wildman–Crippen LogP) is 2.59. The molecular formula is C14H24N2O. The fourth-order valence-corrected chi connectivity index (χ4v) is 1.74. The van der Waals surface area contributed by atoms with Gasteiger partial charge in [-0.3, -0.25) is 0 Å². The lowest BCUT2D eigenvalue weighted by Crippen LogP contribution is -2.34. The van der Waals surface area contributed by atoms with Gasteiger partial charge in [0.1, 0.15) is 5.82 Å². The number of nitrogens with zero attached hydrogens (tertiary/aromatic N) is 2. The van der Waals surface area contributed by atoms with E-state index >= 15 is 0 Å². The standard InChI is InChI=1S/C14H24N2O/c1-11(2)16(8-9-17)13-7-6-12(10-15-13)14(3,4)5/h6-7,10-11,17H,8-9H2,1-5H3. The summed E-state index contributed by atoms with van der Waals surface area (Å²) in [5.74, 6) is 0.932.